The van der Waals surface area contributed by atoms with E-state index in [1.807, 2.05) is 32.0 Å². The Morgan fingerprint density at radius 1 is 1.30 bits per heavy atom. The molecule has 0 saturated heterocycles. The first-order valence-corrected chi connectivity index (χ1v) is 6.30. The third-order valence-electron chi connectivity index (χ3n) is 2.62. The first kappa shape index (κ1) is 15.7. The smallest absolute Gasteiger partial charge is 0.259 e. The van der Waals surface area contributed by atoms with Crippen LogP contribution in [0.25, 0.3) is 0 Å². The monoisotopic (exact) mass is 276 g/mol. The predicted molar refractivity (Wildman–Crippen MR) is 79.5 cm³/mol. The summed E-state index contributed by atoms with van der Waals surface area (Å²) in [5.41, 5.74) is 11.0. The molecule has 0 aliphatic carbocycles. The van der Waals surface area contributed by atoms with Crippen LogP contribution in [0.2, 0.25) is 0 Å². The molecule has 0 aromatic heterocycles. The Bertz CT molecular complexity index is 538. The number of anilines is 1. The van der Waals surface area contributed by atoms with E-state index in [9.17, 15) is 9.59 Å². The summed E-state index contributed by atoms with van der Waals surface area (Å²) in [6.45, 7) is 5.72. The second-order valence-electron chi connectivity index (χ2n) is 4.70. The molecule has 0 spiro atoms. The molecule has 6 nitrogen and oxygen atoms in total. The fraction of sp³-hybridized carbons (Fsp3) is 0.357. The Hall–Kier alpha value is -2.37. The van der Waals surface area contributed by atoms with E-state index in [0.29, 0.717) is 5.71 Å². The summed E-state index contributed by atoms with van der Waals surface area (Å²) in [4.78, 5) is 22.2. The van der Waals surface area contributed by atoms with Crippen LogP contribution in [0.4, 0.5) is 5.69 Å². The molecule has 20 heavy (non-hydrogen) atoms. The van der Waals surface area contributed by atoms with Gasteiger partial charge >= 0.3 is 0 Å². The minimum Gasteiger partial charge on any atom is -0.376 e. The summed E-state index contributed by atoms with van der Waals surface area (Å²) in [6, 6.07) is 5.94. The van der Waals surface area contributed by atoms with Crippen molar-refractivity contribution in [1.82, 2.24) is 5.43 Å². The van der Waals surface area contributed by atoms with Gasteiger partial charge in [-0.15, -0.1) is 0 Å². The average molecular weight is 276 g/mol. The van der Waals surface area contributed by atoms with Crippen LogP contribution in [0.3, 0.4) is 0 Å². The van der Waals surface area contributed by atoms with Crippen molar-refractivity contribution in [3.8, 4) is 0 Å². The second kappa shape index (κ2) is 7.28. The zero-order valence-corrected chi connectivity index (χ0v) is 12.0. The van der Waals surface area contributed by atoms with E-state index in [-0.39, 0.29) is 18.9 Å². The number of hydrogen-bond donors (Lipinski definition) is 3. The van der Waals surface area contributed by atoms with Gasteiger partial charge in [-0.1, -0.05) is 17.7 Å². The van der Waals surface area contributed by atoms with Gasteiger partial charge in [-0.05, 0) is 32.4 Å². The molecule has 0 atom stereocenters. The van der Waals surface area contributed by atoms with E-state index in [4.69, 9.17) is 5.73 Å². The van der Waals surface area contributed by atoms with Gasteiger partial charge in [-0.25, -0.2) is 5.43 Å². The average Bonchev–Trinajstić information content (AvgIpc) is 2.34. The third kappa shape index (κ3) is 5.51. The van der Waals surface area contributed by atoms with Gasteiger partial charge in [-0.2, -0.15) is 5.10 Å². The van der Waals surface area contributed by atoms with Gasteiger partial charge in [-0.3, -0.25) is 9.59 Å². The zero-order chi connectivity index (χ0) is 15.1. The van der Waals surface area contributed by atoms with Crippen LogP contribution in [0.1, 0.15) is 24.5 Å². The summed E-state index contributed by atoms with van der Waals surface area (Å²) in [7, 11) is 0. The normalized spacial score (nSPS) is 11.1. The highest BCUT2D eigenvalue weighted by Gasteiger charge is 2.03. The lowest BCUT2D eigenvalue weighted by Gasteiger charge is -2.09. The van der Waals surface area contributed by atoms with Crippen LogP contribution in [0.15, 0.2) is 23.3 Å². The van der Waals surface area contributed by atoms with Crippen molar-refractivity contribution in [3.63, 3.8) is 0 Å². The fourth-order valence-electron chi connectivity index (χ4n) is 1.68. The van der Waals surface area contributed by atoms with Crippen LogP contribution in [-0.4, -0.2) is 24.1 Å². The minimum absolute atomic E-state index is 0.0325. The van der Waals surface area contributed by atoms with E-state index in [0.717, 1.165) is 11.3 Å². The van der Waals surface area contributed by atoms with E-state index >= 15 is 0 Å². The molecule has 0 radical (unpaired) electrons. The van der Waals surface area contributed by atoms with Crippen molar-refractivity contribution >= 4 is 23.2 Å². The Balaban J connectivity index is 2.45. The van der Waals surface area contributed by atoms with Crippen LogP contribution < -0.4 is 16.5 Å². The molecule has 0 aliphatic heterocycles. The number of carbonyl (C=O) groups excluding carboxylic acids is 2. The molecule has 6 heteroatoms. The highest BCUT2D eigenvalue weighted by molar-refractivity contribution is 5.99. The number of nitrogens with two attached hydrogens (primary N) is 1. The molecular weight excluding hydrogens is 256 g/mol. The molecule has 0 bridgehead atoms. The quantitative estimate of drug-likeness (QED) is 0.536. The molecular formula is C14H20N4O2. The number of hydrogen-bond acceptors (Lipinski definition) is 4. The van der Waals surface area contributed by atoms with E-state index in [2.05, 4.69) is 15.8 Å². The van der Waals surface area contributed by atoms with E-state index in [1.165, 1.54) is 5.56 Å². The Morgan fingerprint density at radius 2 is 2.00 bits per heavy atom. The molecule has 1 aromatic carbocycles. The number of rotatable bonds is 6. The molecule has 0 fully saturated rings. The van der Waals surface area contributed by atoms with Crippen molar-refractivity contribution in [2.24, 2.45) is 10.8 Å². The van der Waals surface area contributed by atoms with E-state index in [1.54, 1.807) is 6.92 Å². The second-order valence-corrected chi connectivity index (χ2v) is 4.70. The Kier molecular flexibility index (Phi) is 5.71. The summed E-state index contributed by atoms with van der Waals surface area (Å²) < 4.78 is 0. The number of primary amides is 1. The number of nitrogens with zero attached hydrogens (tertiary/aromatic N) is 1. The topological polar surface area (TPSA) is 96.6 Å². The highest BCUT2D eigenvalue weighted by Crippen LogP contribution is 2.15. The summed E-state index contributed by atoms with van der Waals surface area (Å²) in [5, 5.41) is 6.82. The number of hydrazone groups is 1. The van der Waals surface area contributed by atoms with Crippen molar-refractivity contribution in [2.45, 2.75) is 27.2 Å². The maximum absolute atomic E-state index is 11.6. The minimum atomic E-state index is -0.478. The number of nitrogens with one attached hydrogen (secondary N) is 2. The van der Waals surface area contributed by atoms with Crippen molar-refractivity contribution < 1.29 is 9.59 Å². The van der Waals surface area contributed by atoms with Gasteiger partial charge < -0.3 is 11.1 Å². The largest absolute Gasteiger partial charge is 0.376 e. The predicted octanol–water partition coefficient (Wildman–Crippen LogP) is 1.08. The van der Waals surface area contributed by atoms with Gasteiger partial charge in [0.15, 0.2) is 0 Å². The van der Waals surface area contributed by atoms with E-state index < -0.39 is 5.91 Å². The van der Waals surface area contributed by atoms with Gasteiger partial charge in [0.2, 0.25) is 5.91 Å². The molecule has 0 unspecified atom stereocenters. The lowest BCUT2D eigenvalue weighted by Crippen LogP contribution is -2.27. The molecule has 0 heterocycles. The van der Waals surface area contributed by atoms with Gasteiger partial charge in [0.05, 0.1) is 13.0 Å². The van der Waals surface area contributed by atoms with Gasteiger partial charge in [0.25, 0.3) is 5.91 Å². The van der Waals surface area contributed by atoms with Crippen molar-refractivity contribution in [1.29, 1.82) is 0 Å². The van der Waals surface area contributed by atoms with Gasteiger partial charge in [0, 0.05) is 11.4 Å². The third-order valence-corrected chi connectivity index (χ3v) is 2.62. The fourth-order valence-corrected chi connectivity index (χ4v) is 1.68. The summed E-state index contributed by atoms with van der Waals surface area (Å²) in [5.74, 6) is -0.761. The molecule has 4 N–H and O–H groups in total. The molecule has 0 aliphatic rings. The van der Waals surface area contributed by atoms with Gasteiger partial charge in [0.1, 0.15) is 0 Å². The van der Waals surface area contributed by atoms with Crippen molar-refractivity contribution in [3.05, 3.63) is 29.3 Å². The number of benzene rings is 1. The van der Waals surface area contributed by atoms with Crippen LogP contribution in [-0.2, 0) is 9.59 Å². The number of aryl methyl sites for hydroxylation is 2. The maximum atomic E-state index is 11.6. The van der Waals surface area contributed by atoms with Crippen LogP contribution >= 0.6 is 0 Å². The Morgan fingerprint density at radius 3 is 2.60 bits per heavy atom. The maximum Gasteiger partial charge on any atom is 0.259 e. The SMILES string of the molecule is C/C(CC(N)=O)=N/NC(=O)CNc1ccc(C)cc1C. The number of amides is 2. The Labute approximate surface area is 118 Å². The molecule has 1 aromatic rings. The standard InChI is InChI=1S/C14H20N4O2/c1-9-4-5-12(10(2)6-9)16-8-14(20)18-17-11(3)7-13(15)19/h4-6,16H,7-8H2,1-3H3,(H2,15,19)(H,18,20)/b17-11-. The number of carbonyl (C=O) groups is 2. The summed E-state index contributed by atoms with van der Waals surface area (Å²) in [6.07, 6.45) is 0.0325. The molecule has 0 saturated carbocycles. The van der Waals surface area contributed by atoms with Crippen LogP contribution in [0, 0.1) is 13.8 Å². The molecule has 1 rings (SSSR count). The van der Waals surface area contributed by atoms with Crippen molar-refractivity contribution in [2.75, 3.05) is 11.9 Å². The lowest BCUT2D eigenvalue weighted by molar-refractivity contribution is -0.119. The summed E-state index contributed by atoms with van der Waals surface area (Å²) >= 11 is 0. The first-order chi connectivity index (χ1) is 9.38. The van der Waals surface area contributed by atoms with Crippen LogP contribution in [0.5, 0.6) is 0 Å². The first-order valence-electron chi connectivity index (χ1n) is 6.30. The lowest BCUT2D eigenvalue weighted by atomic mass is 10.1. The molecule has 108 valence electrons. The highest BCUT2D eigenvalue weighted by atomic mass is 16.2. The molecule has 2 amide bonds. The zero-order valence-electron chi connectivity index (χ0n) is 12.0.